The molecule has 0 amide bonds. The molecule has 6 heteroatoms. The highest BCUT2D eigenvalue weighted by molar-refractivity contribution is 5.79. The molecule has 0 atom stereocenters. The first-order valence-electron chi connectivity index (χ1n) is 9.08. The molecule has 0 bridgehead atoms. The first-order valence-corrected chi connectivity index (χ1v) is 9.08. The molecule has 2 heterocycles. The number of benzene rings is 1. The first-order chi connectivity index (χ1) is 13.2. The summed E-state index contributed by atoms with van der Waals surface area (Å²) in [6.07, 6.45) is 6.79. The number of hydrogen-bond acceptors (Lipinski definition) is 3. The van der Waals surface area contributed by atoms with Crippen molar-refractivity contribution < 1.29 is 0 Å². The molecule has 0 fully saturated rings. The Morgan fingerprint density at radius 3 is 2.63 bits per heavy atom. The van der Waals surface area contributed by atoms with Crippen LogP contribution in [0.4, 0.5) is 0 Å². The Kier molecular flexibility index (Phi) is 6.20. The number of aryl methyl sites for hydroxylation is 1. The Morgan fingerprint density at radius 2 is 1.93 bits per heavy atom. The molecule has 3 aromatic rings. The fourth-order valence-corrected chi connectivity index (χ4v) is 2.86. The number of pyridine rings is 1. The zero-order valence-corrected chi connectivity index (χ0v) is 16.1. The number of rotatable bonds is 6. The molecule has 0 unspecified atom stereocenters. The fourth-order valence-electron chi connectivity index (χ4n) is 2.86. The van der Waals surface area contributed by atoms with Crippen molar-refractivity contribution in [3.63, 3.8) is 0 Å². The largest absolute Gasteiger partial charge is 0.356 e. The summed E-state index contributed by atoms with van der Waals surface area (Å²) in [5.41, 5.74) is 4.45. The maximum absolute atomic E-state index is 4.46. The maximum Gasteiger partial charge on any atom is 0.193 e. The van der Waals surface area contributed by atoms with Crippen LogP contribution >= 0.6 is 0 Å². The Hall–Kier alpha value is -3.15. The summed E-state index contributed by atoms with van der Waals surface area (Å²) < 4.78 is 1.89. The van der Waals surface area contributed by atoms with Gasteiger partial charge in [-0.05, 0) is 37.1 Å². The molecule has 6 nitrogen and oxygen atoms in total. The molecule has 1 N–H and O–H groups in total. The van der Waals surface area contributed by atoms with E-state index in [2.05, 4.69) is 37.6 Å². The highest BCUT2D eigenvalue weighted by atomic mass is 15.3. The zero-order chi connectivity index (χ0) is 19.1. The van der Waals surface area contributed by atoms with Crippen LogP contribution in [0.2, 0.25) is 0 Å². The van der Waals surface area contributed by atoms with Gasteiger partial charge in [-0.15, -0.1) is 0 Å². The standard InChI is InChI=1S/C21H26N6/c1-17-9-10-18(13-24-17)11-12-23-21(22-2)26(3)15-19-14-25-27(16-19)20-7-5-4-6-8-20/h4-10,13-14,16H,11-12,15H2,1-3H3,(H,22,23). The number of nitrogens with one attached hydrogen (secondary N) is 1. The van der Waals surface area contributed by atoms with Crippen LogP contribution in [0.1, 0.15) is 16.8 Å². The maximum atomic E-state index is 4.46. The molecule has 0 radical (unpaired) electrons. The van der Waals surface area contributed by atoms with Gasteiger partial charge in [-0.2, -0.15) is 5.10 Å². The van der Waals surface area contributed by atoms with E-state index < -0.39 is 0 Å². The van der Waals surface area contributed by atoms with E-state index in [1.54, 1.807) is 7.05 Å². The van der Waals surface area contributed by atoms with Gasteiger partial charge in [0.25, 0.3) is 0 Å². The quantitative estimate of drug-likeness (QED) is 0.541. The highest BCUT2D eigenvalue weighted by Gasteiger charge is 2.08. The summed E-state index contributed by atoms with van der Waals surface area (Å²) in [5.74, 6) is 0.863. The van der Waals surface area contributed by atoms with Crippen LogP contribution in [-0.4, -0.2) is 46.3 Å². The van der Waals surface area contributed by atoms with Gasteiger partial charge in [-0.1, -0.05) is 24.3 Å². The van der Waals surface area contributed by atoms with E-state index in [0.717, 1.165) is 42.4 Å². The van der Waals surface area contributed by atoms with Gasteiger partial charge < -0.3 is 10.2 Å². The number of guanidine groups is 1. The molecule has 0 aliphatic heterocycles. The zero-order valence-electron chi connectivity index (χ0n) is 16.1. The van der Waals surface area contributed by atoms with E-state index in [0.29, 0.717) is 0 Å². The van der Waals surface area contributed by atoms with Gasteiger partial charge in [0.15, 0.2) is 5.96 Å². The van der Waals surface area contributed by atoms with E-state index in [1.165, 1.54) is 5.56 Å². The van der Waals surface area contributed by atoms with Crippen molar-refractivity contribution in [2.45, 2.75) is 19.9 Å². The van der Waals surface area contributed by atoms with E-state index in [9.17, 15) is 0 Å². The minimum Gasteiger partial charge on any atom is -0.356 e. The van der Waals surface area contributed by atoms with E-state index in [1.807, 2.05) is 67.4 Å². The second kappa shape index (κ2) is 8.98. The van der Waals surface area contributed by atoms with Gasteiger partial charge in [0.1, 0.15) is 0 Å². The van der Waals surface area contributed by atoms with Gasteiger partial charge in [0, 0.05) is 50.8 Å². The number of aromatic nitrogens is 3. The molecule has 0 saturated heterocycles. The second-order valence-electron chi connectivity index (χ2n) is 6.52. The normalized spacial score (nSPS) is 11.4. The van der Waals surface area contributed by atoms with E-state index in [4.69, 9.17) is 0 Å². The van der Waals surface area contributed by atoms with Crippen molar-refractivity contribution in [3.8, 4) is 5.69 Å². The van der Waals surface area contributed by atoms with Crippen LogP contribution in [0.3, 0.4) is 0 Å². The molecule has 3 rings (SSSR count). The van der Waals surface area contributed by atoms with Crippen molar-refractivity contribution >= 4 is 5.96 Å². The minimum atomic E-state index is 0.735. The number of para-hydroxylation sites is 1. The Morgan fingerprint density at radius 1 is 1.11 bits per heavy atom. The van der Waals surface area contributed by atoms with Crippen LogP contribution in [0, 0.1) is 6.92 Å². The predicted molar refractivity (Wildman–Crippen MR) is 109 cm³/mol. The minimum absolute atomic E-state index is 0.735. The van der Waals surface area contributed by atoms with Gasteiger partial charge in [-0.25, -0.2) is 4.68 Å². The van der Waals surface area contributed by atoms with Gasteiger partial charge in [0.2, 0.25) is 0 Å². The van der Waals surface area contributed by atoms with Crippen LogP contribution in [0.25, 0.3) is 5.69 Å². The average molecular weight is 362 g/mol. The lowest BCUT2D eigenvalue weighted by Crippen LogP contribution is -2.39. The molecular formula is C21H26N6. The molecule has 0 saturated carbocycles. The van der Waals surface area contributed by atoms with Crippen LogP contribution in [-0.2, 0) is 13.0 Å². The topological polar surface area (TPSA) is 58.3 Å². The highest BCUT2D eigenvalue weighted by Crippen LogP contribution is 2.09. The fraction of sp³-hybridized carbons (Fsp3) is 0.286. The van der Waals surface area contributed by atoms with Crippen molar-refractivity contribution in [2.75, 3.05) is 20.6 Å². The predicted octanol–water partition coefficient (Wildman–Crippen LogP) is 2.83. The number of aliphatic imine (C=N–C) groups is 1. The van der Waals surface area contributed by atoms with Gasteiger partial charge in [-0.3, -0.25) is 9.98 Å². The Balaban J connectivity index is 1.53. The Bertz CT molecular complexity index is 867. The summed E-state index contributed by atoms with van der Waals surface area (Å²) in [6.45, 7) is 3.54. The van der Waals surface area contributed by atoms with Crippen molar-refractivity contribution in [1.29, 1.82) is 0 Å². The van der Waals surface area contributed by atoms with E-state index in [-0.39, 0.29) is 0 Å². The summed E-state index contributed by atoms with van der Waals surface area (Å²) in [7, 11) is 3.84. The molecule has 2 aromatic heterocycles. The molecular weight excluding hydrogens is 336 g/mol. The lowest BCUT2D eigenvalue weighted by Gasteiger charge is -2.21. The summed E-state index contributed by atoms with van der Waals surface area (Å²) in [5, 5.41) is 7.87. The lowest BCUT2D eigenvalue weighted by atomic mass is 10.2. The van der Waals surface area contributed by atoms with Crippen molar-refractivity contribution in [3.05, 3.63) is 77.9 Å². The van der Waals surface area contributed by atoms with E-state index >= 15 is 0 Å². The molecule has 140 valence electrons. The molecule has 1 aromatic carbocycles. The van der Waals surface area contributed by atoms with Crippen molar-refractivity contribution in [2.24, 2.45) is 4.99 Å². The lowest BCUT2D eigenvalue weighted by molar-refractivity contribution is 0.477. The second-order valence-corrected chi connectivity index (χ2v) is 6.52. The third-order valence-corrected chi connectivity index (χ3v) is 4.32. The SMILES string of the molecule is CN=C(NCCc1ccc(C)nc1)N(C)Cc1cnn(-c2ccccc2)c1. The smallest absolute Gasteiger partial charge is 0.193 e. The monoisotopic (exact) mass is 362 g/mol. The first kappa shape index (κ1) is 18.6. The summed E-state index contributed by atoms with van der Waals surface area (Å²) >= 11 is 0. The Labute approximate surface area is 160 Å². The molecule has 27 heavy (non-hydrogen) atoms. The average Bonchev–Trinajstić information content (AvgIpc) is 3.16. The van der Waals surface area contributed by atoms with Gasteiger partial charge >= 0.3 is 0 Å². The number of nitrogens with zero attached hydrogens (tertiary/aromatic N) is 5. The van der Waals surface area contributed by atoms with Gasteiger partial charge in [0.05, 0.1) is 11.9 Å². The third-order valence-electron chi connectivity index (χ3n) is 4.32. The van der Waals surface area contributed by atoms with Crippen LogP contribution < -0.4 is 5.32 Å². The summed E-state index contributed by atoms with van der Waals surface area (Å²) in [6, 6.07) is 14.3. The number of hydrogen-bond donors (Lipinski definition) is 1. The van der Waals surface area contributed by atoms with Crippen LogP contribution in [0.5, 0.6) is 0 Å². The molecule has 0 spiro atoms. The molecule has 0 aliphatic carbocycles. The summed E-state index contributed by atoms with van der Waals surface area (Å²) in [4.78, 5) is 10.8. The molecule has 0 aliphatic rings. The van der Waals surface area contributed by atoms with Crippen molar-refractivity contribution in [1.82, 2.24) is 25.0 Å². The third kappa shape index (κ3) is 5.17. The van der Waals surface area contributed by atoms with Crippen LogP contribution in [0.15, 0.2) is 66.0 Å².